The fourth-order valence-electron chi connectivity index (χ4n) is 6.20. The lowest BCUT2D eigenvalue weighted by Gasteiger charge is -2.63. The van der Waals surface area contributed by atoms with Crippen LogP contribution >= 0.6 is 0 Å². The zero-order valence-corrected chi connectivity index (χ0v) is 15.6. The van der Waals surface area contributed by atoms with Gasteiger partial charge in [0.1, 0.15) is 17.1 Å². The second kappa shape index (κ2) is 5.26. The molecule has 23 heavy (non-hydrogen) atoms. The van der Waals surface area contributed by atoms with E-state index in [0.717, 1.165) is 30.3 Å². The lowest BCUT2D eigenvalue weighted by atomic mass is 9.45. The molecule has 2 aliphatic carbocycles. The van der Waals surface area contributed by atoms with E-state index in [9.17, 15) is 4.79 Å². The maximum Gasteiger partial charge on any atom is 0.307 e. The van der Waals surface area contributed by atoms with Crippen molar-refractivity contribution in [2.75, 3.05) is 0 Å². The average molecular weight is 320 g/mol. The van der Waals surface area contributed by atoms with E-state index in [0.29, 0.717) is 11.3 Å². The molecule has 0 unspecified atom stereocenters. The van der Waals surface area contributed by atoms with E-state index in [1.807, 2.05) is 6.92 Å². The predicted octanol–water partition coefficient (Wildman–Crippen LogP) is 5.20. The van der Waals surface area contributed by atoms with E-state index >= 15 is 0 Å². The number of hydrogen-bond acceptors (Lipinski definition) is 3. The van der Waals surface area contributed by atoms with Gasteiger partial charge in [0, 0.05) is 19.3 Å². The molecule has 0 bridgehead atoms. The van der Waals surface area contributed by atoms with Crippen molar-refractivity contribution in [2.45, 2.75) is 85.7 Å². The van der Waals surface area contributed by atoms with Gasteiger partial charge in [0.25, 0.3) is 0 Å². The summed E-state index contributed by atoms with van der Waals surface area (Å²) in [5.41, 5.74) is 0.541. The number of fused-ring (bicyclic) bond motifs is 3. The molecule has 2 fully saturated rings. The molecule has 0 aromatic carbocycles. The Morgan fingerprint density at radius 2 is 1.83 bits per heavy atom. The van der Waals surface area contributed by atoms with Gasteiger partial charge in [-0.25, -0.2) is 0 Å². The molecule has 3 aliphatic rings. The minimum atomic E-state index is -0.243. The van der Waals surface area contributed by atoms with Crippen molar-refractivity contribution in [3.8, 4) is 0 Å². The molecule has 3 heteroatoms. The first kappa shape index (κ1) is 16.9. The molecule has 0 radical (unpaired) electrons. The Bertz CT molecular complexity index is 547. The molecule has 3 rings (SSSR count). The number of allylic oxidation sites excluding steroid dienone is 2. The van der Waals surface area contributed by atoms with E-state index in [2.05, 4.69) is 27.7 Å². The smallest absolute Gasteiger partial charge is 0.307 e. The van der Waals surface area contributed by atoms with Gasteiger partial charge >= 0.3 is 5.97 Å². The van der Waals surface area contributed by atoms with Crippen molar-refractivity contribution in [1.82, 2.24) is 0 Å². The van der Waals surface area contributed by atoms with E-state index in [4.69, 9.17) is 9.47 Å². The van der Waals surface area contributed by atoms with Gasteiger partial charge in [-0.15, -0.1) is 0 Å². The molecule has 0 spiro atoms. The summed E-state index contributed by atoms with van der Waals surface area (Å²) in [7, 11) is 0. The lowest BCUT2D eigenvalue weighted by Crippen LogP contribution is -2.59. The average Bonchev–Trinajstić information content (AvgIpc) is 2.39. The molecule has 3 nitrogen and oxygen atoms in total. The number of carbonyl (C=O) groups excluding carboxylic acids is 1. The Balaban J connectivity index is 1.98. The molecule has 0 N–H and O–H groups in total. The summed E-state index contributed by atoms with van der Waals surface area (Å²) in [6.45, 7) is 13.0. The van der Waals surface area contributed by atoms with Crippen molar-refractivity contribution < 1.29 is 14.3 Å². The molecule has 2 saturated carbocycles. The van der Waals surface area contributed by atoms with Gasteiger partial charge in [-0.2, -0.15) is 0 Å². The summed E-state index contributed by atoms with van der Waals surface area (Å²) in [6, 6.07) is 0. The molecule has 0 aromatic rings. The highest BCUT2D eigenvalue weighted by Crippen LogP contribution is 2.65. The summed E-state index contributed by atoms with van der Waals surface area (Å²) < 4.78 is 11.9. The largest absolute Gasteiger partial charge is 0.488 e. The molecule has 0 saturated heterocycles. The lowest BCUT2D eigenvalue weighted by molar-refractivity contribution is -0.191. The van der Waals surface area contributed by atoms with Crippen LogP contribution in [0.5, 0.6) is 0 Å². The van der Waals surface area contributed by atoms with Crippen LogP contribution in [0.3, 0.4) is 0 Å². The Labute approximate surface area is 140 Å². The third-order valence-electron chi connectivity index (χ3n) is 7.17. The van der Waals surface area contributed by atoms with Crippen LogP contribution in [0, 0.1) is 22.7 Å². The van der Waals surface area contributed by atoms with Gasteiger partial charge in [-0.3, -0.25) is 4.79 Å². The van der Waals surface area contributed by atoms with Gasteiger partial charge in [0.15, 0.2) is 0 Å². The second-order valence-electron chi connectivity index (χ2n) is 9.18. The van der Waals surface area contributed by atoms with Crippen LogP contribution in [0.1, 0.15) is 80.1 Å². The Hall–Kier alpha value is -0.990. The molecule has 0 aromatic heterocycles. The van der Waals surface area contributed by atoms with Crippen LogP contribution < -0.4 is 0 Å². The van der Waals surface area contributed by atoms with Crippen LogP contribution in [0.25, 0.3) is 0 Å². The van der Waals surface area contributed by atoms with Crippen LogP contribution in [0.4, 0.5) is 0 Å². The quantitative estimate of drug-likeness (QED) is 0.623. The normalized spacial score (nSPS) is 42.3. The SMILES string of the molecule is CC(=O)OC1=C(C)O[C@]2(C)CC[C@H]3C(C)(C)CCC[C@]3(C)[C@H]2C1. The first-order valence-corrected chi connectivity index (χ1v) is 9.16. The Kier molecular flexibility index (Phi) is 3.85. The Morgan fingerprint density at radius 3 is 2.48 bits per heavy atom. The minimum absolute atomic E-state index is 0.119. The van der Waals surface area contributed by atoms with E-state index < -0.39 is 0 Å². The number of ether oxygens (including phenoxy) is 2. The van der Waals surface area contributed by atoms with Crippen LogP contribution in [-0.2, 0) is 14.3 Å². The molecule has 1 heterocycles. The summed E-state index contributed by atoms with van der Waals surface area (Å²) in [5.74, 6) is 2.46. The third kappa shape index (κ3) is 2.60. The van der Waals surface area contributed by atoms with Crippen LogP contribution in [-0.4, -0.2) is 11.6 Å². The first-order chi connectivity index (χ1) is 10.6. The van der Waals surface area contributed by atoms with Gasteiger partial charge in [-0.05, 0) is 56.3 Å². The minimum Gasteiger partial charge on any atom is -0.488 e. The van der Waals surface area contributed by atoms with E-state index in [1.54, 1.807) is 0 Å². The number of carbonyl (C=O) groups is 1. The van der Waals surface area contributed by atoms with Crippen molar-refractivity contribution in [2.24, 2.45) is 22.7 Å². The van der Waals surface area contributed by atoms with E-state index in [1.165, 1.54) is 32.6 Å². The van der Waals surface area contributed by atoms with Gasteiger partial charge in [0.2, 0.25) is 0 Å². The topological polar surface area (TPSA) is 35.5 Å². The third-order valence-corrected chi connectivity index (χ3v) is 7.17. The first-order valence-electron chi connectivity index (χ1n) is 9.16. The fraction of sp³-hybridized carbons (Fsp3) is 0.850. The highest BCUT2D eigenvalue weighted by atomic mass is 16.6. The Morgan fingerprint density at radius 1 is 1.13 bits per heavy atom. The fourth-order valence-corrected chi connectivity index (χ4v) is 6.20. The van der Waals surface area contributed by atoms with Gasteiger partial charge < -0.3 is 9.47 Å². The van der Waals surface area contributed by atoms with Crippen LogP contribution in [0.2, 0.25) is 0 Å². The van der Waals surface area contributed by atoms with Crippen molar-refractivity contribution >= 4 is 5.97 Å². The van der Waals surface area contributed by atoms with Crippen molar-refractivity contribution in [1.29, 1.82) is 0 Å². The predicted molar refractivity (Wildman–Crippen MR) is 90.5 cm³/mol. The van der Waals surface area contributed by atoms with Gasteiger partial charge in [0.05, 0.1) is 0 Å². The zero-order chi connectivity index (χ0) is 17.0. The van der Waals surface area contributed by atoms with Crippen molar-refractivity contribution in [3.05, 3.63) is 11.5 Å². The molecular formula is C20H32O3. The molecule has 0 amide bonds. The molecule has 4 atom stereocenters. The summed E-state index contributed by atoms with van der Waals surface area (Å²) in [6.07, 6.45) is 7.06. The molecular weight excluding hydrogens is 288 g/mol. The summed E-state index contributed by atoms with van der Waals surface area (Å²) in [5, 5.41) is 0. The summed E-state index contributed by atoms with van der Waals surface area (Å²) >= 11 is 0. The zero-order valence-electron chi connectivity index (χ0n) is 15.6. The highest BCUT2D eigenvalue weighted by molar-refractivity contribution is 5.67. The van der Waals surface area contributed by atoms with Crippen LogP contribution in [0.15, 0.2) is 11.5 Å². The summed E-state index contributed by atoms with van der Waals surface area (Å²) in [4.78, 5) is 11.5. The molecule has 130 valence electrons. The monoisotopic (exact) mass is 320 g/mol. The van der Waals surface area contributed by atoms with Gasteiger partial charge in [-0.1, -0.05) is 27.2 Å². The number of esters is 1. The standard InChI is InChI=1S/C20H32O3/c1-13-15(22-14(2)21)12-17-19(5)10-7-9-18(3,4)16(19)8-11-20(17,6)23-13/h16-17H,7-12H2,1-6H3/t16-,17+,19-,20+/m0/s1. The maximum absolute atomic E-state index is 11.5. The number of hydrogen-bond donors (Lipinski definition) is 0. The number of rotatable bonds is 1. The molecule has 1 aliphatic heterocycles. The second-order valence-corrected chi connectivity index (χ2v) is 9.18. The van der Waals surface area contributed by atoms with Crippen molar-refractivity contribution in [3.63, 3.8) is 0 Å². The maximum atomic E-state index is 11.5. The highest BCUT2D eigenvalue weighted by Gasteiger charge is 2.60. The van der Waals surface area contributed by atoms with E-state index in [-0.39, 0.29) is 17.0 Å².